The number of nitrogens with zero attached hydrogens (tertiary/aromatic N) is 1. The minimum absolute atomic E-state index is 0.460. The van der Waals surface area contributed by atoms with Crippen LogP contribution in [0.2, 0.25) is 0 Å². The van der Waals surface area contributed by atoms with Gasteiger partial charge >= 0.3 is 0 Å². The molecule has 27 heavy (non-hydrogen) atoms. The second-order valence-corrected chi connectivity index (χ2v) is 5.74. The monoisotopic (exact) mass is 359 g/mol. The first-order valence-electron chi connectivity index (χ1n) is 8.60. The summed E-state index contributed by atoms with van der Waals surface area (Å²) < 4.78 is 17.1. The highest BCUT2D eigenvalue weighted by molar-refractivity contribution is 5.96. The number of rotatable bonds is 6. The third-order valence-corrected chi connectivity index (χ3v) is 3.71. The minimum Gasteiger partial charge on any atom is -0.493 e. The summed E-state index contributed by atoms with van der Waals surface area (Å²) >= 11 is 0. The minimum atomic E-state index is 0.460. The lowest BCUT2D eigenvalue weighted by Crippen LogP contribution is -2.10. The maximum Gasteiger partial charge on any atom is 0.225 e. The standard InChI is InChI=1S/C23H21NO3/c1-18(17-26-22-16-10-9-15-21(22)25-2)23(24-19-11-5-3-6-12-19)27-20-13-7-4-8-14-20/h3-17H,1-2H3/b18-17+,24-23-. The van der Waals surface area contributed by atoms with Crippen molar-refractivity contribution in [2.45, 2.75) is 6.92 Å². The van der Waals surface area contributed by atoms with E-state index in [4.69, 9.17) is 14.2 Å². The maximum absolute atomic E-state index is 6.00. The molecule has 0 saturated heterocycles. The first-order chi connectivity index (χ1) is 13.3. The van der Waals surface area contributed by atoms with Crippen LogP contribution < -0.4 is 14.2 Å². The van der Waals surface area contributed by atoms with E-state index in [2.05, 4.69) is 4.99 Å². The van der Waals surface area contributed by atoms with Gasteiger partial charge in [0.05, 0.1) is 19.1 Å². The maximum atomic E-state index is 6.00. The summed E-state index contributed by atoms with van der Waals surface area (Å²) in [6, 6.07) is 26.7. The van der Waals surface area contributed by atoms with Crippen LogP contribution in [0.1, 0.15) is 6.92 Å². The highest BCUT2D eigenvalue weighted by atomic mass is 16.5. The molecule has 3 aromatic carbocycles. The van der Waals surface area contributed by atoms with Gasteiger partial charge in [-0.3, -0.25) is 0 Å². The van der Waals surface area contributed by atoms with E-state index < -0.39 is 0 Å². The van der Waals surface area contributed by atoms with Crippen molar-refractivity contribution in [3.8, 4) is 17.2 Å². The molecule has 3 rings (SSSR count). The average Bonchev–Trinajstić information content (AvgIpc) is 2.73. The van der Waals surface area contributed by atoms with E-state index in [0.717, 1.165) is 11.3 Å². The number of hydrogen-bond donors (Lipinski definition) is 0. The Morgan fingerprint density at radius 3 is 2.04 bits per heavy atom. The van der Waals surface area contributed by atoms with E-state index in [1.165, 1.54) is 0 Å². The molecule has 0 N–H and O–H groups in total. The summed E-state index contributed by atoms with van der Waals surface area (Å²) in [7, 11) is 1.61. The summed E-state index contributed by atoms with van der Waals surface area (Å²) in [4.78, 5) is 4.62. The third-order valence-electron chi connectivity index (χ3n) is 3.71. The lowest BCUT2D eigenvalue weighted by Gasteiger charge is -2.11. The molecule has 0 atom stereocenters. The van der Waals surface area contributed by atoms with Crippen LogP contribution in [0.3, 0.4) is 0 Å². The van der Waals surface area contributed by atoms with Crippen molar-refractivity contribution in [1.29, 1.82) is 0 Å². The molecular formula is C23H21NO3. The Bertz CT molecular complexity index is 919. The van der Waals surface area contributed by atoms with Crippen LogP contribution in [-0.4, -0.2) is 13.0 Å². The van der Waals surface area contributed by atoms with Gasteiger partial charge in [-0.05, 0) is 43.3 Å². The Morgan fingerprint density at radius 1 is 0.778 bits per heavy atom. The van der Waals surface area contributed by atoms with E-state index in [1.807, 2.05) is 91.9 Å². The Labute approximate surface area is 159 Å². The zero-order valence-corrected chi connectivity index (χ0v) is 15.3. The van der Waals surface area contributed by atoms with Crippen molar-refractivity contribution in [1.82, 2.24) is 0 Å². The highest BCUT2D eigenvalue weighted by Crippen LogP contribution is 2.26. The molecule has 0 spiro atoms. The lowest BCUT2D eigenvalue weighted by atomic mass is 10.3. The fourth-order valence-corrected chi connectivity index (χ4v) is 2.33. The van der Waals surface area contributed by atoms with Crippen LogP contribution in [0, 0.1) is 0 Å². The van der Waals surface area contributed by atoms with Crippen LogP contribution in [0.5, 0.6) is 17.2 Å². The lowest BCUT2D eigenvalue weighted by molar-refractivity contribution is 0.377. The topological polar surface area (TPSA) is 40.0 Å². The number of hydrogen-bond acceptors (Lipinski definition) is 4. The molecular weight excluding hydrogens is 338 g/mol. The van der Waals surface area contributed by atoms with Crippen molar-refractivity contribution >= 4 is 11.6 Å². The van der Waals surface area contributed by atoms with Gasteiger partial charge in [0.25, 0.3) is 0 Å². The van der Waals surface area contributed by atoms with E-state index in [9.17, 15) is 0 Å². The van der Waals surface area contributed by atoms with E-state index in [0.29, 0.717) is 23.1 Å². The van der Waals surface area contributed by atoms with Crippen LogP contribution in [-0.2, 0) is 0 Å². The van der Waals surface area contributed by atoms with Gasteiger partial charge in [0.2, 0.25) is 5.90 Å². The zero-order valence-electron chi connectivity index (χ0n) is 15.3. The Kier molecular flexibility index (Phi) is 6.26. The summed E-state index contributed by atoms with van der Waals surface area (Å²) in [6.07, 6.45) is 1.61. The second-order valence-electron chi connectivity index (χ2n) is 5.74. The molecule has 3 aromatic rings. The van der Waals surface area contributed by atoms with Crippen LogP contribution in [0.4, 0.5) is 5.69 Å². The molecule has 0 amide bonds. The molecule has 0 aromatic heterocycles. The van der Waals surface area contributed by atoms with Gasteiger partial charge in [0, 0.05) is 5.57 Å². The molecule has 0 bridgehead atoms. The SMILES string of the molecule is COc1ccccc1O/C=C(C)/C(=N/c1ccccc1)Oc1ccccc1. The summed E-state index contributed by atoms with van der Waals surface area (Å²) in [5.41, 5.74) is 1.54. The summed E-state index contributed by atoms with van der Waals surface area (Å²) in [5.74, 6) is 2.45. The third kappa shape index (κ3) is 5.22. The van der Waals surface area contributed by atoms with Gasteiger partial charge in [-0.25, -0.2) is 4.99 Å². The largest absolute Gasteiger partial charge is 0.493 e. The first kappa shape index (κ1) is 18.3. The number of benzene rings is 3. The molecule has 0 fully saturated rings. The van der Waals surface area contributed by atoms with Crippen molar-refractivity contribution in [2.75, 3.05) is 7.11 Å². The molecule has 0 aliphatic carbocycles. The fourth-order valence-electron chi connectivity index (χ4n) is 2.33. The molecule has 0 heterocycles. The first-order valence-corrected chi connectivity index (χ1v) is 8.60. The molecule has 0 radical (unpaired) electrons. The molecule has 0 aliphatic heterocycles. The predicted octanol–water partition coefficient (Wildman–Crippen LogP) is 5.79. The van der Waals surface area contributed by atoms with Crippen molar-refractivity contribution in [2.24, 2.45) is 4.99 Å². The fraction of sp³-hybridized carbons (Fsp3) is 0.0870. The molecule has 4 heteroatoms. The van der Waals surface area contributed by atoms with E-state index >= 15 is 0 Å². The number of ether oxygens (including phenoxy) is 3. The van der Waals surface area contributed by atoms with Crippen molar-refractivity contribution < 1.29 is 14.2 Å². The van der Waals surface area contributed by atoms with Gasteiger partial charge in [-0.2, -0.15) is 0 Å². The van der Waals surface area contributed by atoms with E-state index in [1.54, 1.807) is 13.4 Å². The second kappa shape index (κ2) is 9.25. The summed E-state index contributed by atoms with van der Waals surface area (Å²) in [5, 5.41) is 0. The van der Waals surface area contributed by atoms with E-state index in [-0.39, 0.29) is 0 Å². The predicted molar refractivity (Wildman–Crippen MR) is 108 cm³/mol. The van der Waals surface area contributed by atoms with Gasteiger partial charge in [0.15, 0.2) is 11.5 Å². The molecule has 4 nitrogen and oxygen atoms in total. The highest BCUT2D eigenvalue weighted by Gasteiger charge is 2.08. The van der Waals surface area contributed by atoms with Crippen molar-refractivity contribution in [3.63, 3.8) is 0 Å². The summed E-state index contributed by atoms with van der Waals surface area (Å²) in [6.45, 7) is 1.89. The quantitative estimate of drug-likeness (QED) is 0.318. The average molecular weight is 359 g/mol. The number of methoxy groups -OCH3 is 1. The Morgan fingerprint density at radius 2 is 1.37 bits per heavy atom. The van der Waals surface area contributed by atoms with Gasteiger partial charge in [-0.1, -0.05) is 48.5 Å². The Balaban J connectivity index is 1.88. The molecule has 0 aliphatic rings. The smallest absolute Gasteiger partial charge is 0.225 e. The van der Waals surface area contributed by atoms with Gasteiger partial charge < -0.3 is 14.2 Å². The van der Waals surface area contributed by atoms with Gasteiger partial charge in [-0.15, -0.1) is 0 Å². The zero-order chi connectivity index (χ0) is 18.9. The number of aliphatic imine (C=N–C) groups is 1. The van der Waals surface area contributed by atoms with Crippen molar-refractivity contribution in [3.05, 3.63) is 96.8 Å². The molecule has 0 unspecified atom stereocenters. The number of para-hydroxylation sites is 4. The normalized spacial score (nSPS) is 11.8. The van der Waals surface area contributed by atoms with Crippen LogP contribution in [0.25, 0.3) is 0 Å². The van der Waals surface area contributed by atoms with Crippen LogP contribution >= 0.6 is 0 Å². The van der Waals surface area contributed by atoms with Crippen LogP contribution in [0.15, 0.2) is 102 Å². The molecule has 136 valence electrons. The molecule has 0 saturated carbocycles. The van der Waals surface area contributed by atoms with Gasteiger partial charge in [0.1, 0.15) is 5.75 Å². The Hall–Kier alpha value is -3.53.